The Morgan fingerprint density at radius 2 is 2.19 bits per heavy atom. The number of para-hydroxylation sites is 1. The Balaban J connectivity index is 1.74. The lowest BCUT2D eigenvalue weighted by Crippen LogP contribution is -2.05. The minimum atomic E-state index is 0.959. The molecule has 0 amide bonds. The summed E-state index contributed by atoms with van der Waals surface area (Å²) in [5.74, 6) is 0. The van der Waals surface area contributed by atoms with Gasteiger partial charge in [-0.25, -0.2) is 4.98 Å². The van der Waals surface area contributed by atoms with Crippen molar-refractivity contribution in [1.82, 2.24) is 9.55 Å². The van der Waals surface area contributed by atoms with Crippen molar-refractivity contribution in [3.05, 3.63) is 47.5 Å². The molecule has 0 saturated carbocycles. The molecule has 2 aromatic rings. The number of nitrogens with zero attached hydrogens (tertiary/aromatic N) is 2. The number of imidazole rings is 1. The van der Waals surface area contributed by atoms with Crippen LogP contribution in [0.15, 0.2) is 47.5 Å². The number of aromatic nitrogens is 2. The number of benzene rings is 1. The summed E-state index contributed by atoms with van der Waals surface area (Å²) in [5.41, 5.74) is 1.15. The average Bonchev–Trinajstić information content (AvgIpc) is 2.79. The van der Waals surface area contributed by atoms with Gasteiger partial charge in [0.25, 0.3) is 0 Å². The van der Waals surface area contributed by atoms with Gasteiger partial charge in [-0.2, -0.15) is 0 Å². The standard InChI is InChI=1S/C12H14BrN3/c13-11-4-1-2-5-12(11)15-6-3-8-16-9-7-14-10-16/h1-2,4-5,7,9-10,15H,3,6,8H2. The van der Waals surface area contributed by atoms with Crippen LogP contribution in [-0.2, 0) is 6.54 Å². The van der Waals surface area contributed by atoms with E-state index in [0.29, 0.717) is 0 Å². The molecule has 1 aromatic heterocycles. The molecule has 0 unspecified atom stereocenters. The summed E-state index contributed by atoms with van der Waals surface area (Å²) >= 11 is 3.51. The molecule has 1 heterocycles. The summed E-state index contributed by atoms with van der Waals surface area (Å²) in [4.78, 5) is 4.01. The van der Waals surface area contributed by atoms with Crippen LogP contribution in [0.4, 0.5) is 5.69 Å². The van der Waals surface area contributed by atoms with Gasteiger partial charge in [-0.15, -0.1) is 0 Å². The first-order valence-corrected chi connectivity index (χ1v) is 6.10. The first kappa shape index (κ1) is 11.2. The quantitative estimate of drug-likeness (QED) is 0.853. The summed E-state index contributed by atoms with van der Waals surface area (Å²) in [6, 6.07) is 8.16. The number of nitrogens with one attached hydrogen (secondary N) is 1. The molecule has 0 bridgehead atoms. The Bertz CT molecular complexity index is 426. The van der Waals surface area contributed by atoms with Crippen LogP contribution in [0.2, 0.25) is 0 Å². The monoisotopic (exact) mass is 279 g/mol. The summed E-state index contributed by atoms with van der Waals surface area (Å²) < 4.78 is 3.19. The smallest absolute Gasteiger partial charge is 0.0945 e. The van der Waals surface area contributed by atoms with Crippen LogP contribution in [0.3, 0.4) is 0 Å². The van der Waals surface area contributed by atoms with Gasteiger partial charge in [0.15, 0.2) is 0 Å². The Morgan fingerprint density at radius 1 is 1.31 bits per heavy atom. The van der Waals surface area contributed by atoms with Crippen molar-refractivity contribution >= 4 is 21.6 Å². The highest BCUT2D eigenvalue weighted by atomic mass is 79.9. The summed E-state index contributed by atoms with van der Waals surface area (Å²) in [7, 11) is 0. The van der Waals surface area contributed by atoms with E-state index in [-0.39, 0.29) is 0 Å². The number of rotatable bonds is 5. The first-order chi connectivity index (χ1) is 7.86. The molecule has 0 saturated heterocycles. The van der Waals surface area contributed by atoms with E-state index < -0.39 is 0 Å². The fourth-order valence-electron chi connectivity index (χ4n) is 1.51. The van der Waals surface area contributed by atoms with Crippen molar-refractivity contribution in [3.63, 3.8) is 0 Å². The molecule has 0 aliphatic carbocycles. The van der Waals surface area contributed by atoms with E-state index in [1.54, 1.807) is 6.20 Å². The molecule has 0 aliphatic heterocycles. The van der Waals surface area contributed by atoms with E-state index in [2.05, 4.69) is 36.9 Å². The Hall–Kier alpha value is -1.29. The minimum absolute atomic E-state index is 0.959. The van der Waals surface area contributed by atoms with Gasteiger partial charge in [0.1, 0.15) is 0 Å². The Kier molecular flexibility index (Phi) is 3.99. The van der Waals surface area contributed by atoms with Gasteiger partial charge in [0, 0.05) is 35.6 Å². The van der Waals surface area contributed by atoms with Gasteiger partial charge in [0.05, 0.1) is 6.33 Å². The first-order valence-electron chi connectivity index (χ1n) is 5.30. The molecule has 4 heteroatoms. The van der Waals surface area contributed by atoms with Crippen LogP contribution < -0.4 is 5.32 Å². The van der Waals surface area contributed by atoms with E-state index in [1.165, 1.54) is 0 Å². The van der Waals surface area contributed by atoms with Crippen molar-refractivity contribution in [2.24, 2.45) is 0 Å². The predicted molar refractivity (Wildman–Crippen MR) is 69.5 cm³/mol. The van der Waals surface area contributed by atoms with Crippen LogP contribution in [0.1, 0.15) is 6.42 Å². The summed E-state index contributed by atoms with van der Waals surface area (Å²) in [6.45, 7) is 1.96. The lowest BCUT2D eigenvalue weighted by molar-refractivity contribution is 0.660. The molecular weight excluding hydrogens is 266 g/mol. The van der Waals surface area contributed by atoms with Crippen LogP contribution in [0.25, 0.3) is 0 Å². The lowest BCUT2D eigenvalue weighted by atomic mass is 10.3. The molecule has 0 aliphatic rings. The Morgan fingerprint density at radius 3 is 2.94 bits per heavy atom. The average molecular weight is 280 g/mol. The predicted octanol–water partition coefficient (Wildman–Crippen LogP) is 3.15. The second-order valence-corrected chi connectivity index (χ2v) is 4.42. The van der Waals surface area contributed by atoms with Crippen molar-refractivity contribution in [3.8, 4) is 0 Å². The summed E-state index contributed by atoms with van der Waals surface area (Å²) in [5, 5.41) is 3.39. The zero-order chi connectivity index (χ0) is 11.2. The maximum Gasteiger partial charge on any atom is 0.0945 e. The highest BCUT2D eigenvalue weighted by Crippen LogP contribution is 2.20. The van der Waals surface area contributed by atoms with Crippen LogP contribution >= 0.6 is 15.9 Å². The molecule has 0 atom stereocenters. The number of anilines is 1. The van der Waals surface area contributed by atoms with E-state index in [9.17, 15) is 0 Å². The SMILES string of the molecule is Brc1ccccc1NCCCn1ccnc1. The third-order valence-corrected chi connectivity index (χ3v) is 3.03. The van der Waals surface area contributed by atoms with Gasteiger partial charge in [-0.3, -0.25) is 0 Å². The largest absolute Gasteiger partial charge is 0.384 e. The van der Waals surface area contributed by atoms with E-state index >= 15 is 0 Å². The molecule has 84 valence electrons. The summed E-state index contributed by atoms with van der Waals surface area (Å²) in [6.07, 6.45) is 6.72. The number of hydrogen-bond acceptors (Lipinski definition) is 2. The van der Waals surface area contributed by atoms with Crippen molar-refractivity contribution in [1.29, 1.82) is 0 Å². The molecule has 0 spiro atoms. The van der Waals surface area contributed by atoms with Crippen molar-refractivity contribution < 1.29 is 0 Å². The van der Waals surface area contributed by atoms with E-state index in [0.717, 1.165) is 29.7 Å². The second kappa shape index (κ2) is 5.70. The van der Waals surface area contributed by atoms with E-state index in [1.807, 2.05) is 30.7 Å². The molecule has 16 heavy (non-hydrogen) atoms. The molecule has 2 rings (SSSR count). The van der Waals surface area contributed by atoms with Crippen molar-refractivity contribution in [2.75, 3.05) is 11.9 Å². The topological polar surface area (TPSA) is 29.9 Å². The minimum Gasteiger partial charge on any atom is -0.384 e. The fourth-order valence-corrected chi connectivity index (χ4v) is 1.93. The maximum atomic E-state index is 4.01. The highest BCUT2D eigenvalue weighted by molar-refractivity contribution is 9.10. The zero-order valence-electron chi connectivity index (χ0n) is 8.94. The highest BCUT2D eigenvalue weighted by Gasteiger charge is 1.96. The van der Waals surface area contributed by atoms with Crippen LogP contribution in [-0.4, -0.2) is 16.1 Å². The van der Waals surface area contributed by atoms with Crippen LogP contribution in [0, 0.1) is 0 Å². The third-order valence-electron chi connectivity index (χ3n) is 2.34. The number of hydrogen-bond donors (Lipinski definition) is 1. The number of aryl methyl sites for hydroxylation is 1. The normalized spacial score (nSPS) is 10.3. The second-order valence-electron chi connectivity index (χ2n) is 3.56. The molecule has 3 nitrogen and oxygen atoms in total. The van der Waals surface area contributed by atoms with Gasteiger partial charge >= 0.3 is 0 Å². The molecule has 1 N–H and O–H groups in total. The molecule has 1 aromatic carbocycles. The maximum absolute atomic E-state index is 4.01. The van der Waals surface area contributed by atoms with Crippen molar-refractivity contribution in [2.45, 2.75) is 13.0 Å². The van der Waals surface area contributed by atoms with Gasteiger partial charge < -0.3 is 9.88 Å². The Labute approximate surface area is 104 Å². The van der Waals surface area contributed by atoms with Gasteiger partial charge in [-0.05, 0) is 34.5 Å². The number of halogens is 1. The third kappa shape index (κ3) is 3.10. The lowest BCUT2D eigenvalue weighted by Gasteiger charge is -2.08. The van der Waals surface area contributed by atoms with Gasteiger partial charge in [0.2, 0.25) is 0 Å². The van der Waals surface area contributed by atoms with E-state index in [4.69, 9.17) is 0 Å². The fraction of sp³-hybridized carbons (Fsp3) is 0.250. The zero-order valence-corrected chi connectivity index (χ0v) is 10.5. The van der Waals surface area contributed by atoms with Crippen LogP contribution in [0.5, 0.6) is 0 Å². The molecular formula is C12H14BrN3. The molecule has 0 radical (unpaired) electrons. The molecule has 0 fully saturated rings. The van der Waals surface area contributed by atoms with Gasteiger partial charge in [-0.1, -0.05) is 12.1 Å².